The van der Waals surface area contributed by atoms with E-state index < -0.39 is 17.5 Å². The summed E-state index contributed by atoms with van der Waals surface area (Å²) in [6, 6.07) is 2.77. The normalized spacial score (nSPS) is 10.3. The van der Waals surface area contributed by atoms with Crippen LogP contribution in [-0.2, 0) is 11.0 Å². The van der Waals surface area contributed by atoms with E-state index in [9.17, 15) is 18.0 Å². The third-order valence-electron chi connectivity index (χ3n) is 1.58. The number of aromatic hydroxyl groups is 1. The van der Waals surface area contributed by atoms with E-state index in [4.69, 9.17) is 5.11 Å². The Hall–Kier alpha value is -1.96. The number of rotatable bonds is 0. The average molecular weight is 214 g/mol. The third-order valence-corrected chi connectivity index (χ3v) is 1.58. The van der Waals surface area contributed by atoms with Gasteiger partial charge in [0.25, 0.3) is 0 Å². The molecule has 1 N–H and O–H groups in total. The number of hydrogen-bond acceptors (Lipinski definition) is 2. The van der Waals surface area contributed by atoms with Crippen molar-refractivity contribution in [3.8, 4) is 17.6 Å². The molecule has 0 unspecified atom stereocenters. The number of phenols is 1. The molecule has 0 saturated carbocycles. The topological polar surface area (TPSA) is 37.3 Å². The Balaban J connectivity index is 3.23. The summed E-state index contributed by atoms with van der Waals surface area (Å²) in [6.45, 7) is 0. The van der Waals surface area contributed by atoms with Crippen LogP contribution in [0.3, 0.4) is 0 Å². The monoisotopic (exact) mass is 214 g/mol. The Labute approximate surface area is 83.3 Å². The van der Waals surface area contributed by atoms with Gasteiger partial charge < -0.3 is 5.11 Å². The lowest BCUT2D eigenvalue weighted by atomic mass is 10.1. The van der Waals surface area contributed by atoms with Gasteiger partial charge in [0.1, 0.15) is 5.75 Å². The van der Waals surface area contributed by atoms with Crippen LogP contribution in [-0.4, -0.2) is 11.4 Å². The highest BCUT2D eigenvalue weighted by Crippen LogP contribution is 2.35. The summed E-state index contributed by atoms with van der Waals surface area (Å²) in [6.07, 6.45) is -4.36. The molecule has 0 aromatic heterocycles. The number of hydrogen-bond donors (Lipinski definition) is 1. The maximum Gasteiger partial charge on any atom is 0.419 e. The standard InChI is InChI=1S/C10H5F3O2/c11-10(12,13)8-6-7(2-1-5-14)3-4-9(8)15/h3-6,15H. The van der Waals surface area contributed by atoms with E-state index in [1.165, 1.54) is 6.07 Å². The Morgan fingerprint density at radius 1 is 1.33 bits per heavy atom. The molecule has 0 aliphatic heterocycles. The minimum atomic E-state index is -4.64. The van der Waals surface area contributed by atoms with E-state index in [-0.39, 0.29) is 11.8 Å². The molecule has 0 aliphatic carbocycles. The Morgan fingerprint density at radius 2 is 2.00 bits per heavy atom. The molecule has 0 spiro atoms. The van der Waals surface area contributed by atoms with E-state index in [0.29, 0.717) is 6.07 Å². The zero-order valence-electron chi connectivity index (χ0n) is 7.30. The molecule has 78 valence electrons. The minimum absolute atomic E-state index is 0.0206. The lowest BCUT2D eigenvalue weighted by molar-refractivity contribution is -0.138. The molecule has 0 saturated heterocycles. The zero-order chi connectivity index (χ0) is 11.5. The third kappa shape index (κ3) is 2.74. The van der Waals surface area contributed by atoms with Crippen LogP contribution in [0.5, 0.6) is 5.75 Å². The molecule has 1 aromatic rings. The fourth-order valence-corrected chi connectivity index (χ4v) is 0.954. The Kier molecular flexibility index (Phi) is 3.00. The molecule has 0 amide bonds. The van der Waals surface area contributed by atoms with Crippen LogP contribution in [0.25, 0.3) is 0 Å². The molecule has 1 rings (SSSR count). The lowest BCUT2D eigenvalue weighted by Gasteiger charge is -2.08. The summed E-state index contributed by atoms with van der Waals surface area (Å²) in [4.78, 5) is 9.88. The molecule has 5 heteroatoms. The second kappa shape index (κ2) is 4.05. The maximum absolute atomic E-state index is 12.3. The van der Waals surface area contributed by atoms with Gasteiger partial charge >= 0.3 is 6.18 Å². The highest BCUT2D eigenvalue weighted by Gasteiger charge is 2.33. The summed E-state index contributed by atoms with van der Waals surface area (Å²) < 4.78 is 36.8. The predicted octanol–water partition coefficient (Wildman–Crippen LogP) is 1.96. The number of aldehydes is 1. The van der Waals surface area contributed by atoms with Gasteiger partial charge in [-0.1, -0.05) is 5.92 Å². The minimum Gasteiger partial charge on any atom is -0.507 e. The second-order valence-corrected chi connectivity index (χ2v) is 2.62. The van der Waals surface area contributed by atoms with Gasteiger partial charge in [-0.3, -0.25) is 4.79 Å². The van der Waals surface area contributed by atoms with Crippen LogP contribution >= 0.6 is 0 Å². The van der Waals surface area contributed by atoms with Crippen molar-refractivity contribution < 1.29 is 23.1 Å². The Morgan fingerprint density at radius 3 is 2.53 bits per heavy atom. The van der Waals surface area contributed by atoms with Crippen molar-refractivity contribution in [1.29, 1.82) is 0 Å². The van der Waals surface area contributed by atoms with Crippen molar-refractivity contribution in [3.05, 3.63) is 29.3 Å². The first-order valence-corrected chi connectivity index (χ1v) is 3.80. The Bertz CT molecular complexity index is 438. The molecule has 2 nitrogen and oxygen atoms in total. The first kappa shape index (κ1) is 11.1. The van der Waals surface area contributed by atoms with Crippen molar-refractivity contribution in [2.75, 3.05) is 0 Å². The molecular weight excluding hydrogens is 209 g/mol. The first-order valence-electron chi connectivity index (χ1n) is 3.80. The van der Waals surface area contributed by atoms with Crippen LogP contribution in [0.2, 0.25) is 0 Å². The number of carbonyl (C=O) groups excluding carboxylic acids is 1. The molecule has 0 bridgehead atoms. The highest BCUT2D eigenvalue weighted by atomic mass is 19.4. The fourth-order valence-electron chi connectivity index (χ4n) is 0.954. The van der Waals surface area contributed by atoms with Gasteiger partial charge in [0, 0.05) is 5.56 Å². The lowest BCUT2D eigenvalue weighted by Crippen LogP contribution is -2.05. The number of carbonyl (C=O) groups is 1. The van der Waals surface area contributed by atoms with E-state index >= 15 is 0 Å². The van der Waals surface area contributed by atoms with E-state index in [1.807, 2.05) is 5.92 Å². The summed E-state index contributed by atoms with van der Waals surface area (Å²) in [5.74, 6) is 3.33. The van der Waals surface area contributed by atoms with Crippen molar-refractivity contribution >= 4 is 6.29 Å². The smallest absolute Gasteiger partial charge is 0.419 e. The van der Waals surface area contributed by atoms with Crippen LogP contribution in [0.15, 0.2) is 18.2 Å². The molecule has 1 aromatic carbocycles. The number of phenolic OH excluding ortho intramolecular Hbond substituents is 1. The summed E-state index contributed by atoms with van der Waals surface area (Å²) in [5, 5.41) is 8.96. The van der Waals surface area contributed by atoms with Gasteiger partial charge in [-0.25, -0.2) is 0 Å². The van der Waals surface area contributed by atoms with E-state index in [2.05, 4.69) is 5.92 Å². The average Bonchev–Trinajstić information content (AvgIpc) is 2.15. The van der Waals surface area contributed by atoms with Gasteiger partial charge in [0.05, 0.1) is 5.56 Å². The maximum atomic E-state index is 12.3. The van der Waals surface area contributed by atoms with E-state index in [0.717, 1.165) is 6.07 Å². The fraction of sp³-hybridized carbons (Fsp3) is 0.100. The van der Waals surface area contributed by atoms with Crippen molar-refractivity contribution in [2.24, 2.45) is 0 Å². The van der Waals surface area contributed by atoms with Crippen molar-refractivity contribution in [1.82, 2.24) is 0 Å². The number of benzene rings is 1. The summed E-state index contributed by atoms with van der Waals surface area (Å²) >= 11 is 0. The molecule has 0 atom stereocenters. The largest absolute Gasteiger partial charge is 0.507 e. The second-order valence-electron chi connectivity index (χ2n) is 2.62. The summed E-state index contributed by atoms with van der Waals surface area (Å²) in [5.41, 5.74) is -1.15. The molecular formula is C10H5F3O2. The molecule has 0 radical (unpaired) electrons. The summed E-state index contributed by atoms with van der Waals surface area (Å²) in [7, 11) is 0. The van der Waals surface area contributed by atoms with Gasteiger partial charge in [-0.05, 0) is 24.1 Å². The van der Waals surface area contributed by atoms with Crippen LogP contribution in [0, 0.1) is 11.8 Å². The van der Waals surface area contributed by atoms with Gasteiger partial charge in [-0.15, -0.1) is 0 Å². The molecule has 0 aliphatic rings. The van der Waals surface area contributed by atoms with E-state index in [1.54, 1.807) is 0 Å². The molecule has 15 heavy (non-hydrogen) atoms. The molecule has 0 heterocycles. The number of halogens is 3. The van der Waals surface area contributed by atoms with Gasteiger partial charge in [0.15, 0.2) is 6.29 Å². The quantitative estimate of drug-likeness (QED) is 0.529. The zero-order valence-corrected chi connectivity index (χ0v) is 7.30. The van der Waals surface area contributed by atoms with Crippen molar-refractivity contribution in [2.45, 2.75) is 6.18 Å². The number of alkyl halides is 3. The van der Waals surface area contributed by atoms with Gasteiger partial charge in [0.2, 0.25) is 0 Å². The first-order chi connectivity index (χ1) is 6.95. The predicted molar refractivity (Wildman–Crippen MR) is 46.1 cm³/mol. The highest BCUT2D eigenvalue weighted by molar-refractivity contribution is 5.74. The van der Waals surface area contributed by atoms with Crippen LogP contribution < -0.4 is 0 Å². The molecule has 0 fully saturated rings. The van der Waals surface area contributed by atoms with Gasteiger partial charge in [-0.2, -0.15) is 13.2 Å². The van der Waals surface area contributed by atoms with Crippen molar-refractivity contribution in [3.63, 3.8) is 0 Å². The van der Waals surface area contributed by atoms with Crippen LogP contribution in [0.4, 0.5) is 13.2 Å². The SMILES string of the molecule is O=CC#Cc1ccc(O)c(C(F)(F)F)c1. The van der Waals surface area contributed by atoms with Crippen LogP contribution in [0.1, 0.15) is 11.1 Å².